The lowest BCUT2D eigenvalue weighted by Crippen LogP contribution is -2.24. The molecule has 0 aliphatic carbocycles. The van der Waals surface area contributed by atoms with E-state index in [1.807, 2.05) is 0 Å². The number of para-hydroxylation sites is 1. The first kappa shape index (κ1) is 16.5. The van der Waals surface area contributed by atoms with Crippen LogP contribution in [0, 0.1) is 5.82 Å². The van der Waals surface area contributed by atoms with Gasteiger partial charge in [0.25, 0.3) is 5.91 Å². The minimum absolute atomic E-state index is 0.248. The summed E-state index contributed by atoms with van der Waals surface area (Å²) in [5, 5.41) is 4.09. The van der Waals surface area contributed by atoms with E-state index in [4.69, 9.17) is 16.3 Å². The largest absolute Gasteiger partial charge is 0.482 e. The molecule has 0 atom stereocenters. The Balaban J connectivity index is 1.86. The third kappa shape index (κ3) is 4.82. The molecule has 0 fully saturated rings. The van der Waals surface area contributed by atoms with Crippen LogP contribution in [-0.4, -0.2) is 18.7 Å². The molecule has 22 heavy (non-hydrogen) atoms. The van der Waals surface area contributed by atoms with E-state index < -0.39 is 11.7 Å². The number of rotatable bonds is 5. The summed E-state index contributed by atoms with van der Waals surface area (Å²) in [5.74, 6) is -0.513. The van der Waals surface area contributed by atoms with Crippen molar-refractivity contribution in [3.8, 4) is 5.75 Å². The molecule has 2 rings (SSSR count). The lowest BCUT2D eigenvalue weighted by atomic mass is 10.2. The number of carbonyl (C=O) groups is 1. The summed E-state index contributed by atoms with van der Waals surface area (Å²) in [6, 6.07) is 11.2. The quantitative estimate of drug-likeness (QED) is 0.629. The number of amides is 1. The van der Waals surface area contributed by atoms with Gasteiger partial charge in [0.05, 0.1) is 11.2 Å². The van der Waals surface area contributed by atoms with Crippen molar-refractivity contribution >= 4 is 39.7 Å². The Morgan fingerprint density at radius 2 is 2.14 bits per heavy atom. The Bertz CT molecular complexity index is 710. The highest BCUT2D eigenvalue weighted by atomic mass is 79.9. The minimum atomic E-state index is -0.480. The van der Waals surface area contributed by atoms with E-state index in [0.29, 0.717) is 15.2 Å². The van der Waals surface area contributed by atoms with Crippen LogP contribution >= 0.6 is 27.5 Å². The molecule has 1 amide bonds. The van der Waals surface area contributed by atoms with Gasteiger partial charge < -0.3 is 4.74 Å². The maximum absolute atomic E-state index is 13.4. The molecule has 1 N–H and O–H groups in total. The Kier molecular flexibility index (Phi) is 5.91. The molecule has 0 spiro atoms. The van der Waals surface area contributed by atoms with Crippen LogP contribution in [0.2, 0.25) is 5.02 Å². The summed E-state index contributed by atoms with van der Waals surface area (Å²) in [6.45, 7) is -0.248. The molecular formula is C15H11BrClFN2O2. The predicted octanol–water partition coefficient (Wildman–Crippen LogP) is 3.77. The van der Waals surface area contributed by atoms with Crippen LogP contribution in [0.3, 0.4) is 0 Å². The second kappa shape index (κ2) is 7.91. The number of nitrogens with zero attached hydrogens (tertiary/aromatic N) is 1. The second-order valence-electron chi connectivity index (χ2n) is 4.18. The lowest BCUT2D eigenvalue weighted by molar-refractivity contribution is -0.123. The summed E-state index contributed by atoms with van der Waals surface area (Å²) in [5.41, 5.74) is 2.50. The van der Waals surface area contributed by atoms with Gasteiger partial charge in [-0.15, -0.1) is 0 Å². The first-order valence-corrected chi connectivity index (χ1v) is 7.37. The smallest absolute Gasteiger partial charge is 0.277 e. The average Bonchev–Trinajstić information content (AvgIpc) is 2.50. The summed E-state index contributed by atoms with van der Waals surface area (Å²) in [7, 11) is 0. The number of halogens is 3. The van der Waals surface area contributed by atoms with E-state index >= 15 is 0 Å². The van der Waals surface area contributed by atoms with Gasteiger partial charge in [-0.25, -0.2) is 9.82 Å². The molecule has 0 aromatic heterocycles. The van der Waals surface area contributed by atoms with Crippen molar-refractivity contribution in [2.75, 3.05) is 6.61 Å². The van der Waals surface area contributed by atoms with E-state index in [1.54, 1.807) is 36.4 Å². The predicted molar refractivity (Wildman–Crippen MR) is 86.8 cm³/mol. The fourth-order valence-electron chi connectivity index (χ4n) is 1.52. The topological polar surface area (TPSA) is 50.7 Å². The first-order chi connectivity index (χ1) is 10.6. The zero-order valence-electron chi connectivity index (χ0n) is 11.2. The van der Waals surface area contributed by atoms with Crippen LogP contribution < -0.4 is 10.2 Å². The molecule has 0 radical (unpaired) electrons. The molecule has 0 aliphatic heterocycles. The monoisotopic (exact) mass is 384 g/mol. The normalized spacial score (nSPS) is 10.7. The Morgan fingerprint density at radius 3 is 2.91 bits per heavy atom. The molecule has 0 unspecified atom stereocenters. The van der Waals surface area contributed by atoms with Gasteiger partial charge in [0.2, 0.25) is 0 Å². The molecule has 0 heterocycles. The van der Waals surface area contributed by atoms with E-state index in [9.17, 15) is 9.18 Å². The van der Waals surface area contributed by atoms with Crippen LogP contribution in [0.4, 0.5) is 4.39 Å². The molecule has 7 heteroatoms. The molecule has 114 valence electrons. The van der Waals surface area contributed by atoms with Gasteiger partial charge in [0, 0.05) is 10.0 Å². The van der Waals surface area contributed by atoms with Crippen LogP contribution in [0.25, 0.3) is 0 Å². The highest BCUT2D eigenvalue weighted by Gasteiger charge is 2.04. The van der Waals surface area contributed by atoms with E-state index in [2.05, 4.69) is 26.5 Å². The van der Waals surface area contributed by atoms with Crippen LogP contribution in [0.5, 0.6) is 5.75 Å². The van der Waals surface area contributed by atoms with Gasteiger partial charge in [0.1, 0.15) is 11.6 Å². The first-order valence-electron chi connectivity index (χ1n) is 6.20. The molecule has 0 saturated carbocycles. The number of ether oxygens (including phenoxy) is 1. The number of nitrogens with one attached hydrogen (secondary N) is 1. The van der Waals surface area contributed by atoms with Gasteiger partial charge in [-0.1, -0.05) is 39.7 Å². The number of hydrogen-bond donors (Lipinski definition) is 1. The van der Waals surface area contributed by atoms with E-state index in [0.717, 1.165) is 0 Å². The maximum Gasteiger partial charge on any atom is 0.277 e. The number of hydrazone groups is 1. The van der Waals surface area contributed by atoms with E-state index in [1.165, 1.54) is 12.3 Å². The Morgan fingerprint density at radius 1 is 1.36 bits per heavy atom. The van der Waals surface area contributed by atoms with Gasteiger partial charge in [0.15, 0.2) is 6.61 Å². The fraction of sp³-hybridized carbons (Fsp3) is 0.0667. The van der Waals surface area contributed by atoms with Crippen LogP contribution in [0.1, 0.15) is 5.56 Å². The van der Waals surface area contributed by atoms with E-state index in [-0.39, 0.29) is 12.2 Å². The van der Waals surface area contributed by atoms with Crippen molar-refractivity contribution in [2.45, 2.75) is 0 Å². The maximum atomic E-state index is 13.4. The summed E-state index contributed by atoms with van der Waals surface area (Å²) in [6.07, 6.45) is 1.22. The SMILES string of the molecule is O=C(COc1ccccc1Cl)N/N=C\c1cc(Br)ccc1F. The standard InChI is InChI=1S/C15H11BrClFN2O2/c16-11-5-6-13(18)10(7-11)8-19-20-15(21)9-22-14-4-2-1-3-12(14)17/h1-8H,9H2,(H,20,21)/b19-8-. The van der Waals surface area contributed by atoms with Gasteiger partial charge in [-0.3, -0.25) is 4.79 Å². The summed E-state index contributed by atoms with van der Waals surface area (Å²) >= 11 is 9.12. The highest BCUT2D eigenvalue weighted by molar-refractivity contribution is 9.10. The molecule has 4 nitrogen and oxygen atoms in total. The second-order valence-corrected chi connectivity index (χ2v) is 5.50. The van der Waals surface area contributed by atoms with Gasteiger partial charge >= 0.3 is 0 Å². The van der Waals surface area contributed by atoms with Crippen molar-refractivity contribution in [3.05, 3.63) is 63.3 Å². The average molecular weight is 386 g/mol. The minimum Gasteiger partial charge on any atom is -0.482 e. The highest BCUT2D eigenvalue weighted by Crippen LogP contribution is 2.22. The van der Waals surface area contributed by atoms with Gasteiger partial charge in [-0.05, 0) is 30.3 Å². The van der Waals surface area contributed by atoms with Crippen molar-refractivity contribution in [1.29, 1.82) is 0 Å². The Labute approximate surface area is 140 Å². The molecule has 2 aromatic rings. The van der Waals surface area contributed by atoms with Gasteiger partial charge in [-0.2, -0.15) is 5.10 Å². The number of hydrogen-bond acceptors (Lipinski definition) is 3. The molecule has 0 aliphatic rings. The van der Waals surface area contributed by atoms with Crippen LogP contribution in [0.15, 0.2) is 52.0 Å². The summed E-state index contributed by atoms with van der Waals surface area (Å²) < 4.78 is 19.4. The summed E-state index contributed by atoms with van der Waals surface area (Å²) in [4.78, 5) is 11.6. The fourth-order valence-corrected chi connectivity index (χ4v) is 2.09. The van der Waals surface area contributed by atoms with Crippen molar-refractivity contribution < 1.29 is 13.9 Å². The number of carbonyl (C=O) groups excluding carboxylic acids is 1. The Hall–Kier alpha value is -1.92. The van der Waals surface area contributed by atoms with Crippen molar-refractivity contribution in [2.24, 2.45) is 5.10 Å². The van der Waals surface area contributed by atoms with Crippen molar-refractivity contribution in [1.82, 2.24) is 5.43 Å². The van der Waals surface area contributed by atoms with Crippen LogP contribution in [-0.2, 0) is 4.79 Å². The molecule has 0 bridgehead atoms. The molecule has 2 aromatic carbocycles. The molecule has 0 saturated heterocycles. The third-order valence-corrected chi connectivity index (χ3v) is 3.35. The molecular weight excluding hydrogens is 375 g/mol. The van der Waals surface area contributed by atoms with Crippen molar-refractivity contribution in [3.63, 3.8) is 0 Å². The zero-order valence-corrected chi connectivity index (χ0v) is 13.6. The lowest BCUT2D eigenvalue weighted by Gasteiger charge is -2.06. The zero-order chi connectivity index (χ0) is 15.9. The number of benzene rings is 2. The third-order valence-electron chi connectivity index (χ3n) is 2.55.